The first kappa shape index (κ1) is 17.4. The molecule has 1 atom stereocenters. The zero-order chi connectivity index (χ0) is 15.6. The van der Waals surface area contributed by atoms with E-state index in [4.69, 9.17) is 17.3 Å². The van der Waals surface area contributed by atoms with Crippen LogP contribution in [0.5, 0.6) is 0 Å². The van der Waals surface area contributed by atoms with Crippen LogP contribution in [0.2, 0.25) is 5.02 Å². The second-order valence-electron chi connectivity index (χ2n) is 5.86. The molecule has 0 saturated heterocycles. The van der Waals surface area contributed by atoms with Crippen molar-refractivity contribution >= 4 is 21.6 Å². The molecular formula is C14H23ClN2O2S. The van der Waals surface area contributed by atoms with Gasteiger partial charge in [-0.05, 0) is 37.8 Å². The van der Waals surface area contributed by atoms with Crippen molar-refractivity contribution < 1.29 is 8.42 Å². The highest BCUT2D eigenvalue weighted by Gasteiger charge is 2.31. The number of hydrogen-bond donors (Lipinski definition) is 2. The number of hydrogen-bond acceptors (Lipinski definition) is 3. The van der Waals surface area contributed by atoms with E-state index >= 15 is 0 Å². The molecule has 0 bridgehead atoms. The Bertz CT molecular complexity index is 573. The highest BCUT2D eigenvalue weighted by atomic mass is 35.5. The maximum atomic E-state index is 12.5. The molecule has 0 aromatic heterocycles. The van der Waals surface area contributed by atoms with E-state index in [2.05, 4.69) is 4.72 Å². The van der Waals surface area contributed by atoms with Gasteiger partial charge in [-0.2, -0.15) is 0 Å². The molecule has 0 aliphatic rings. The van der Waals surface area contributed by atoms with E-state index in [0.717, 1.165) is 5.56 Å². The molecule has 1 aromatic rings. The zero-order valence-electron chi connectivity index (χ0n) is 12.4. The van der Waals surface area contributed by atoms with Crippen LogP contribution in [0.25, 0.3) is 0 Å². The van der Waals surface area contributed by atoms with Crippen LogP contribution in [0, 0.1) is 12.8 Å². The number of nitrogens with two attached hydrogens (primary N) is 1. The Labute approximate surface area is 126 Å². The molecule has 4 nitrogen and oxygen atoms in total. The highest BCUT2D eigenvalue weighted by Crippen LogP contribution is 2.26. The Morgan fingerprint density at radius 3 is 2.50 bits per heavy atom. The normalized spacial score (nSPS) is 15.3. The molecule has 6 heteroatoms. The standard InChI is InChI=1S/C14H23ClN2O2S/c1-10(2)8-14(4,9-16)17-20(18,19)12-7-5-6-11(3)13(12)15/h5-7,10,17H,8-9,16H2,1-4H3. The summed E-state index contributed by atoms with van der Waals surface area (Å²) in [4.78, 5) is 0.0996. The lowest BCUT2D eigenvalue weighted by molar-refractivity contribution is 0.344. The SMILES string of the molecule is Cc1cccc(S(=O)(=O)NC(C)(CN)CC(C)C)c1Cl. The van der Waals surface area contributed by atoms with E-state index in [9.17, 15) is 8.42 Å². The second-order valence-corrected chi connectivity index (χ2v) is 7.88. The predicted molar refractivity (Wildman–Crippen MR) is 83.4 cm³/mol. The van der Waals surface area contributed by atoms with Gasteiger partial charge in [0.2, 0.25) is 10.0 Å². The molecule has 3 N–H and O–H groups in total. The van der Waals surface area contributed by atoms with Crippen molar-refractivity contribution in [2.45, 2.75) is 44.6 Å². The number of rotatable bonds is 6. The van der Waals surface area contributed by atoms with Crippen molar-refractivity contribution in [2.24, 2.45) is 11.7 Å². The number of aryl methyl sites for hydroxylation is 1. The van der Waals surface area contributed by atoms with E-state index in [1.54, 1.807) is 19.1 Å². The number of sulfonamides is 1. The average Bonchev–Trinajstić information content (AvgIpc) is 2.30. The summed E-state index contributed by atoms with van der Waals surface area (Å²) in [7, 11) is -3.69. The molecule has 0 aliphatic carbocycles. The molecule has 0 radical (unpaired) electrons. The van der Waals surface area contributed by atoms with Gasteiger partial charge in [-0.25, -0.2) is 13.1 Å². The van der Waals surface area contributed by atoms with Gasteiger partial charge in [0.25, 0.3) is 0 Å². The van der Waals surface area contributed by atoms with E-state index < -0.39 is 15.6 Å². The molecule has 0 spiro atoms. The minimum absolute atomic E-state index is 0.0996. The van der Waals surface area contributed by atoms with Crippen molar-refractivity contribution in [3.63, 3.8) is 0 Å². The van der Waals surface area contributed by atoms with Crippen LogP contribution in [0.1, 0.15) is 32.8 Å². The molecule has 0 heterocycles. The van der Waals surface area contributed by atoms with Crippen molar-refractivity contribution in [1.29, 1.82) is 0 Å². The van der Waals surface area contributed by atoms with Gasteiger partial charge in [0.1, 0.15) is 4.90 Å². The molecule has 1 unspecified atom stereocenters. The van der Waals surface area contributed by atoms with E-state index in [1.807, 2.05) is 20.8 Å². The molecule has 0 aliphatic heterocycles. The van der Waals surface area contributed by atoms with Gasteiger partial charge in [0.05, 0.1) is 5.02 Å². The summed E-state index contributed by atoms with van der Waals surface area (Å²) in [6.45, 7) is 7.88. The van der Waals surface area contributed by atoms with E-state index in [-0.39, 0.29) is 16.5 Å². The third-order valence-electron chi connectivity index (χ3n) is 3.14. The Balaban J connectivity index is 3.14. The maximum absolute atomic E-state index is 12.5. The van der Waals surface area contributed by atoms with E-state index in [0.29, 0.717) is 12.3 Å². The fraction of sp³-hybridized carbons (Fsp3) is 0.571. The maximum Gasteiger partial charge on any atom is 0.242 e. The zero-order valence-corrected chi connectivity index (χ0v) is 14.0. The van der Waals surface area contributed by atoms with Crippen LogP contribution >= 0.6 is 11.6 Å². The molecule has 1 aromatic carbocycles. The summed E-state index contributed by atoms with van der Waals surface area (Å²) in [6, 6.07) is 4.96. The van der Waals surface area contributed by atoms with Crippen LogP contribution in [0.3, 0.4) is 0 Å². The number of halogens is 1. The van der Waals surface area contributed by atoms with Crippen LogP contribution in [0.4, 0.5) is 0 Å². The summed E-state index contributed by atoms with van der Waals surface area (Å²) >= 11 is 6.11. The van der Waals surface area contributed by atoms with Gasteiger partial charge in [-0.3, -0.25) is 0 Å². The second kappa shape index (κ2) is 6.43. The molecule has 0 amide bonds. The smallest absolute Gasteiger partial charge is 0.242 e. The third kappa shape index (κ3) is 4.19. The summed E-state index contributed by atoms with van der Waals surface area (Å²) in [5, 5.41) is 0.254. The largest absolute Gasteiger partial charge is 0.329 e. The van der Waals surface area contributed by atoms with Crippen LogP contribution in [-0.4, -0.2) is 20.5 Å². The first-order valence-electron chi connectivity index (χ1n) is 6.60. The van der Waals surface area contributed by atoms with Crippen molar-refractivity contribution in [2.75, 3.05) is 6.54 Å². The minimum Gasteiger partial charge on any atom is -0.329 e. The van der Waals surface area contributed by atoms with Crippen molar-refractivity contribution in [3.05, 3.63) is 28.8 Å². The van der Waals surface area contributed by atoms with E-state index in [1.165, 1.54) is 6.07 Å². The van der Waals surface area contributed by atoms with Gasteiger partial charge in [-0.1, -0.05) is 37.6 Å². The van der Waals surface area contributed by atoms with Crippen LogP contribution in [0.15, 0.2) is 23.1 Å². The summed E-state index contributed by atoms with van der Waals surface area (Å²) in [6.07, 6.45) is 0.659. The highest BCUT2D eigenvalue weighted by molar-refractivity contribution is 7.89. The monoisotopic (exact) mass is 318 g/mol. The molecular weight excluding hydrogens is 296 g/mol. The third-order valence-corrected chi connectivity index (χ3v) is 5.43. The average molecular weight is 319 g/mol. The Hall–Kier alpha value is -0.620. The van der Waals surface area contributed by atoms with Crippen molar-refractivity contribution in [1.82, 2.24) is 4.72 Å². The minimum atomic E-state index is -3.69. The predicted octanol–water partition coefficient (Wildman–Crippen LogP) is 2.69. The molecule has 20 heavy (non-hydrogen) atoms. The molecule has 1 rings (SSSR count). The Morgan fingerprint density at radius 1 is 1.40 bits per heavy atom. The lowest BCUT2D eigenvalue weighted by Gasteiger charge is -2.31. The molecule has 0 saturated carbocycles. The van der Waals surface area contributed by atoms with Crippen LogP contribution < -0.4 is 10.5 Å². The first-order valence-corrected chi connectivity index (χ1v) is 8.46. The fourth-order valence-corrected chi connectivity index (χ4v) is 4.29. The fourth-order valence-electron chi connectivity index (χ4n) is 2.28. The lowest BCUT2D eigenvalue weighted by atomic mass is 9.92. The number of benzene rings is 1. The van der Waals surface area contributed by atoms with Gasteiger partial charge in [0.15, 0.2) is 0 Å². The summed E-state index contributed by atoms with van der Waals surface area (Å²) in [5.74, 6) is 0.333. The van der Waals surface area contributed by atoms with Crippen LogP contribution in [-0.2, 0) is 10.0 Å². The molecule has 114 valence electrons. The van der Waals surface area contributed by atoms with Crippen molar-refractivity contribution in [3.8, 4) is 0 Å². The van der Waals surface area contributed by atoms with Gasteiger partial charge < -0.3 is 5.73 Å². The number of nitrogens with one attached hydrogen (secondary N) is 1. The quantitative estimate of drug-likeness (QED) is 0.847. The van der Waals surface area contributed by atoms with Gasteiger partial charge in [0, 0.05) is 12.1 Å². The van der Waals surface area contributed by atoms with Gasteiger partial charge in [-0.15, -0.1) is 0 Å². The summed E-state index contributed by atoms with van der Waals surface area (Å²) < 4.78 is 27.7. The first-order chi connectivity index (χ1) is 9.11. The molecule has 0 fully saturated rings. The lowest BCUT2D eigenvalue weighted by Crippen LogP contribution is -2.52. The Kier molecular flexibility index (Phi) is 5.61. The Morgan fingerprint density at radius 2 is 2.00 bits per heavy atom. The topological polar surface area (TPSA) is 72.2 Å². The van der Waals surface area contributed by atoms with Gasteiger partial charge >= 0.3 is 0 Å². The summed E-state index contributed by atoms with van der Waals surface area (Å²) in [5.41, 5.74) is 5.80.